The Bertz CT molecular complexity index is 3940. The second kappa shape index (κ2) is 17.8. The van der Waals surface area contributed by atoms with Crippen LogP contribution in [0.4, 0.5) is 17.1 Å². The molecule has 73 heavy (non-hydrogen) atoms. The van der Waals surface area contributed by atoms with Gasteiger partial charge in [-0.2, -0.15) is 0 Å². The van der Waals surface area contributed by atoms with Crippen molar-refractivity contribution in [3.8, 4) is 44.5 Å². The first-order valence-corrected chi connectivity index (χ1v) is 26.1. The maximum Gasteiger partial charge on any atom is 0.135 e. The SMILES string of the molecule is c1ccc(-c2c(-c3ccc(N(c4ccc(-c5ccc6oc7ccccc7c6c5)cc4)c4ccc5c(c4)C(c4ccccc4)(c4ccccc4)c4cccc(C6CCCCC6)c4-5)cc3)ccc3ccccc23)cc1. The van der Waals surface area contributed by atoms with Gasteiger partial charge in [-0.1, -0.05) is 219 Å². The molecule has 1 saturated carbocycles. The van der Waals surface area contributed by atoms with Gasteiger partial charge in [0.25, 0.3) is 0 Å². The number of nitrogens with zero attached hydrogens (tertiary/aromatic N) is 1. The zero-order valence-electron chi connectivity index (χ0n) is 40.7. The summed E-state index contributed by atoms with van der Waals surface area (Å²) in [4.78, 5) is 2.46. The molecule has 2 aliphatic carbocycles. The molecule has 348 valence electrons. The highest BCUT2D eigenvalue weighted by Crippen LogP contribution is 2.59. The highest BCUT2D eigenvalue weighted by molar-refractivity contribution is 6.07. The number of fused-ring (bicyclic) bond motifs is 7. The van der Waals surface area contributed by atoms with Gasteiger partial charge in [0.2, 0.25) is 0 Å². The molecule has 0 saturated heterocycles. The molecule has 0 amide bonds. The minimum Gasteiger partial charge on any atom is -0.456 e. The molecular weight excluding hydrogens is 883 g/mol. The summed E-state index contributed by atoms with van der Waals surface area (Å²) >= 11 is 0. The van der Waals surface area contributed by atoms with Gasteiger partial charge in [-0.25, -0.2) is 0 Å². The van der Waals surface area contributed by atoms with Crippen LogP contribution in [0.25, 0.3) is 77.2 Å². The summed E-state index contributed by atoms with van der Waals surface area (Å²) in [6.07, 6.45) is 6.39. The summed E-state index contributed by atoms with van der Waals surface area (Å²) in [7, 11) is 0. The molecule has 12 aromatic rings. The summed E-state index contributed by atoms with van der Waals surface area (Å²) in [5.74, 6) is 0.546. The maximum atomic E-state index is 6.23. The molecule has 0 unspecified atom stereocenters. The minimum atomic E-state index is -0.535. The second-order valence-electron chi connectivity index (χ2n) is 20.1. The lowest BCUT2D eigenvalue weighted by Crippen LogP contribution is -2.29. The van der Waals surface area contributed by atoms with E-state index in [4.69, 9.17) is 4.42 Å². The number of rotatable bonds is 9. The molecule has 11 aromatic carbocycles. The van der Waals surface area contributed by atoms with Crippen molar-refractivity contribution in [2.75, 3.05) is 4.90 Å². The fraction of sp³-hybridized carbons (Fsp3) is 0.0986. The predicted octanol–water partition coefficient (Wildman–Crippen LogP) is 19.6. The first-order valence-electron chi connectivity index (χ1n) is 26.1. The molecular formula is C71H53NO. The molecule has 2 heteroatoms. The van der Waals surface area contributed by atoms with Crippen LogP contribution in [0, 0.1) is 0 Å². The van der Waals surface area contributed by atoms with Gasteiger partial charge in [0.15, 0.2) is 0 Å². The summed E-state index contributed by atoms with van der Waals surface area (Å²) in [5, 5.41) is 4.76. The minimum absolute atomic E-state index is 0.535. The predicted molar refractivity (Wildman–Crippen MR) is 305 cm³/mol. The number of furan rings is 1. The Hall–Kier alpha value is -8.72. The zero-order valence-corrected chi connectivity index (χ0v) is 40.7. The van der Waals surface area contributed by atoms with E-state index in [1.54, 1.807) is 0 Å². The second-order valence-corrected chi connectivity index (χ2v) is 20.1. The summed E-state index contributed by atoms with van der Waals surface area (Å²) < 4.78 is 6.23. The number of anilines is 3. The van der Waals surface area contributed by atoms with Crippen molar-refractivity contribution >= 4 is 49.8 Å². The van der Waals surface area contributed by atoms with Crippen LogP contribution in [0.15, 0.2) is 259 Å². The highest BCUT2D eigenvalue weighted by atomic mass is 16.3. The van der Waals surface area contributed by atoms with Gasteiger partial charge in [-0.05, 0) is 156 Å². The summed E-state index contributed by atoms with van der Waals surface area (Å²) in [6, 6.07) is 94.6. The van der Waals surface area contributed by atoms with Gasteiger partial charge in [-0.3, -0.25) is 0 Å². The first-order chi connectivity index (χ1) is 36.2. The largest absolute Gasteiger partial charge is 0.456 e. The Morgan fingerprint density at radius 3 is 1.67 bits per heavy atom. The lowest BCUT2D eigenvalue weighted by atomic mass is 9.67. The third-order valence-corrected chi connectivity index (χ3v) is 16.2. The van der Waals surface area contributed by atoms with E-state index in [0.29, 0.717) is 5.92 Å². The smallest absolute Gasteiger partial charge is 0.135 e. The zero-order chi connectivity index (χ0) is 48.3. The van der Waals surface area contributed by atoms with E-state index in [1.807, 2.05) is 12.1 Å². The lowest BCUT2D eigenvalue weighted by molar-refractivity contribution is 0.444. The third kappa shape index (κ3) is 7.15. The fourth-order valence-electron chi connectivity index (χ4n) is 12.8. The number of benzene rings is 11. The fourth-order valence-corrected chi connectivity index (χ4v) is 12.8. The van der Waals surface area contributed by atoms with Gasteiger partial charge < -0.3 is 9.32 Å². The third-order valence-electron chi connectivity index (χ3n) is 16.2. The van der Waals surface area contributed by atoms with E-state index in [-0.39, 0.29) is 0 Å². The van der Waals surface area contributed by atoms with E-state index in [0.717, 1.165) is 50.1 Å². The van der Waals surface area contributed by atoms with Crippen LogP contribution in [0.3, 0.4) is 0 Å². The molecule has 0 N–H and O–H groups in total. The van der Waals surface area contributed by atoms with Crippen molar-refractivity contribution in [3.05, 3.63) is 283 Å². The van der Waals surface area contributed by atoms with E-state index >= 15 is 0 Å². The van der Waals surface area contributed by atoms with Crippen molar-refractivity contribution in [2.24, 2.45) is 0 Å². The van der Waals surface area contributed by atoms with E-state index in [1.165, 1.54) is 104 Å². The normalized spacial score (nSPS) is 14.1. The lowest BCUT2D eigenvalue weighted by Gasteiger charge is -2.35. The van der Waals surface area contributed by atoms with Crippen molar-refractivity contribution in [1.82, 2.24) is 0 Å². The molecule has 1 aromatic heterocycles. The Kier molecular flexibility index (Phi) is 10.5. The molecule has 0 radical (unpaired) electrons. The number of hydrogen-bond acceptors (Lipinski definition) is 2. The van der Waals surface area contributed by atoms with Crippen LogP contribution < -0.4 is 4.90 Å². The van der Waals surface area contributed by atoms with Crippen LogP contribution >= 0.6 is 0 Å². The van der Waals surface area contributed by atoms with Gasteiger partial charge >= 0.3 is 0 Å². The molecule has 2 nitrogen and oxygen atoms in total. The quantitative estimate of drug-likeness (QED) is 0.143. The van der Waals surface area contributed by atoms with Gasteiger partial charge in [-0.15, -0.1) is 0 Å². The average molecular weight is 936 g/mol. The molecule has 14 rings (SSSR count). The van der Waals surface area contributed by atoms with Crippen LogP contribution in [0.1, 0.15) is 65.8 Å². The Morgan fingerprint density at radius 1 is 0.356 bits per heavy atom. The molecule has 0 aliphatic heterocycles. The molecule has 2 aliphatic rings. The maximum absolute atomic E-state index is 6.23. The summed E-state index contributed by atoms with van der Waals surface area (Å²) in [6.45, 7) is 0. The van der Waals surface area contributed by atoms with Crippen molar-refractivity contribution in [2.45, 2.75) is 43.4 Å². The van der Waals surface area contributed by atoms with Crippen LogP contribution in [0.2, 0.25) is 0 Å². The first kappa shape index (κ1) is 43.1. The van der Waals surface area contributed by atoms with Gasteiger partial charge in [0.05, 0.1) is 5.41 Å². The van der Waals surface area contributed by atoms with Crippen LogP contribution in [0.5, 0.6) is 0 Å². The van der Waals surface area contributed by atoms with Crippen molar-refractivity contribution in [3.63, 3.8) is 0 Å². The standard InChI is InChI=1S/C71H53NO/c1-5-18-49(19-6-1)60-29-17-30-65-70(60)63-44-42-58(47-66(63)71(65,54-23-9-3-10-24-54)55-25-11-4-12-26-55)72(56-38-32-48(33-39-56)53-37-45-68-64(46-53)62-28-15-16-31-67(62)73-68)57-40-34-51(35-41-57)61-43-36-50-20-13-14-27-59(50)69(61)52-21-7-2-8-22-52/h2-4,7-17,20-47,49H,1,5-6,18-19H2. The summed E-state index contributed by atoms with van der Waals surface area (Å²) in [5.41, 5.74) is 21.3. The van der Waals surface area contributed by atoms with Crippen molar-refractivity contribution in [1.29, 1.82) is 0 Å². The Morgan fingerprint density at radius 2 is 0.945 bits per heavy atom. The van der Waals surface area contributed by atoms with Gasteiger partial charge in [0, 0.05) is 27.8 Å². The molecule has 0 atom stereocenters. The van der Waals surface area contributed by atoms with E-state index in [2.05, 4.69) is 248 Å². The number of para-hydroxylation sites is 1. The van der Waals surface area contributed by atoms with Crippen LogP contribution in [-0.4, -0.2) is 0 Å². The molecule has 1 heterocycles. The van der Waals surface area contributed by atoms with E-state index < -0.39 is 5.41 Å². The van der Waals surface area contributed by atoms with Gasteiger partial charge in [0.1, 0.15) is 11.2 Å². The highest BCUT2D eigenvalue weighted by Gasteiger charge is 2.47. The molecule has 1 fully saturated rings. The molecule has 0 bridgehead atoms. The van der Waals surface area contributed by atoms with E-state index in [9.17, 15) is 0 Å². The Balaban J connectivity index is 0.961. The number of hydrogen-bond donors (Lipinski definition) is 0. The average Bonchev–Trinajstić information content (AvgIpc) is 4.00. The van der Waals surface area contributed by atoms with Crippen molar-refractivity contribution < 1.29 is 4.42 Å². The van der Waals surface area contributed by atoms with Crippen LogP contribution in [-0.2, 0) is 5.41 Å². The Labute approximate surface area is 427 Å². The monoisotopic (exact) mass is 935 g/mol. The topological polar surface area (TPSA) is 16.4 Å². The molecule has 0 spiro atoms.